The third kappa shape index (κ3) is 1.99. The van der Waals surface area contributed by atoms with Gasteiger partial charge in [-0.05, 0) is 0 Å². The van der Waals surface area contributed by atoms with Gasteiger partial charge in [-0.15, -0.1) is 0 Å². The van der Waals surface area contributed by atoms with E-state index in [-0.39, 0.29) is 0 Å². The van der Waals surface area contributed by atoms with Gasteiger partial charge in [0.1, 0.15) is 0 Å². The van der Waals surface area contributed by atoms with E-state index in [1.165, 1.54) is 6.08 Å². The van der Waals surface area contributed by atoms with Crippen LogP contribution in [0.3, 0.4) is 0 Å². The molecule has 0 saturated carbocycles. The van der Waals surface area contributed by atoms with Crippen molar-refractivity contribution in [1.82, 2.24) is 0 Å². The molecule has 0 spiro atoms. The Labute approximate surface area is 63.4 Å². The Bertz CT molecular complexity index is 267. The predicted octanol–water partition coefficient (Wildman–Crippen LogP) is 1.99. The Kier molecular flexibility index (Phi) is 2.53. The van der Waals surface area contributed by atoms with Crippen molar-refractivity contribution < 1.29 is 9.18 Å². The SMILES string of the molecule is O=C=NC(F)c1ccccc1. The highest BCUT2D eigenvalue weighted by atomic mass is 19.1. The second-order valence-electron chi connectivity index (χ2n) is 1.97. The molecule has 1 aromatic carbocycles. The van der Waals surface area contributed by atoms with Crippen molar-refractivity contribution in [3.05, 3.63) is 35.9 Å². The number of aliphatic imine (C=N–C) groups is 1. The van der Waals surface area contributed by atoms with Crippen molar-refractivity contribution in [2.75, 3.05) is 0 Å². The summed E-state index contributed by atoms with van der Waals surface area (Å²) in [4.78, 5) is 12.6. The maximum absolute atomic E-state index is 12.7. The molecule has 56 valence electrons. The van der Waals surface area contributed by atoms with Crippen LogP contribution in [-0.4, -0.2) is 6.08 Å². The minimum absolute atomic E-state index is 0.371. The van der Waals surface area contributed by atoms with E-state index in [4.69, 9.17) is 0 Å². The molecule has 1 unspecified atom stereocenters. The van der Waals surface area contributed by atoms with Crippen LogP contribution in [0.2, 0.25) is 0 Å². The first kappa shape index (κ1) is 7.63. The molecule has 0 aromatic heterocycles. The summed E-state index contributed by atoms with van der Waals surface area (Å²) in [7, 11) is 0. The van der Waals surface area contributed by atoms with E-state index in [2.05, 4.69) is 4.99 Å². The molecule has 11 heavy (non-hydrogen) atoms. The van der Waals surface area contributed by atoms with Crippen LogP contribution in [0.4, 0.5) is 4.39 Å². The van der Waals surface area contributed by atoms with Crippen LogP contribution in [0.5, 0.6) is 0 Å². The average molecular weight is 151 g/mol. The average Bonchev–Trinajstić information content (AvgIpc) is 2.07. The fraction of sp³-hybridized carbons (Fsp3) is 0.125. The molecule has 1 aromatic rings. The molecule has 2 nitrogen and oxygen atoms in total. The van der Waals surface area contributed by atoms with E-state index in [1.807, 2.05) is 0 Å². The molecule has 0 amide bonds. The van der Waals surface area contributed by atoms with E-state index in [0.717, 1.165) is 0 Å². The van der Waals surface area contributed by atoms with Gasteiger partial charge in [-0.3, -0.25) is 0 Å². The lowest BCUT2D eigenvalue weighted by molar-refractivity contribution is 0.356. The molecule has 0 aliphatic heterocycles. The summed E-state index contributed by atoms with van der Waals surface area (Å²) in [6, 6.07) is 8.25. The highest BCUT2D eigenvalue weighted by Gasteiger charge is 2.04. The van der Waals surface area contributed by atoms with Gasteiger partial charge in [0, 0.05) is 5.56 Å². The smallest absolute Gasteiger partial charge is 0.215 e. The normalized spacial score (nSPS) is 11.7. The van der Waals surface area contributed by atoms with E-state index in [9.17, 15) is 9.18 Å². The lowest BCUT2D eigenvalue weighted by Gasteiger charge is -1.97. The first-order chi connectivity index (χ1) is 5.34. The Morgan fingerprint density at radius 1 is 1.36 bits per heavy atom. The van der Waals surface area contributed by atoms with Crippen LogP contribution < -0.4 is 0 Å². The summed E-state index contributed by atoms with van der Waals surface area (Å²) in [5.41, 5.74) is 0.371. The predicted molar refractivity (Wildman–Crippen MR) is 38.4 cm³/mol. The minimum Gasteiger partial charge on any atom is -0.215 e. The molecule has 1 atom stereocenters. The van der Waals surface area contributed by atoms with Gasteiger partial charge in [0.15, 0.2) is 0 Å². The van der Waals surface area contributed by atoms with E-state index in [1.54, 1.807) is 30.3 Å². The van der Waals surface area contributed by atoms with Gasteiger partial charge in [-0.2, -0.15) is 4.99 Å². The largest absolute Gasteiger partial charge is 0.238 e. The summed E-state index contributed by atoms with van der Waals surface area (Å²) in [5.74, 6) is 0. The number of carbonyl (C=O) groups excluding carboxylic acids is 1. The highest BCUT2D eigenvalue weighted by Crippen LogP contribution is 2.16. The van der Waals surface area contributed by atoms with Gasteiger partial charge in [-0.25, -0.2) is 9.18 Å². The molecule has 0 radical (unpaired) electrons. The number of halogens is 1. The molecular weight excluding hydrogens is 145 g/mol. The molecule has 0 N–H and O–H groups in total. The van der Waals surface area contributed by atoms with Crippen molar-refractivity contribution in [1.29, 1.82) is 0 Å². The van der Waals surface area contributed by atoms with Gasteiger partial charge in [0.05, 0.1) is 0 Å². The Morgan fingerprint density at radius 3 is 2.55 bits per heavy atom. The lowest BCUT2D eigenvalue weighted by Crippen LogP contribution is -1.84. The summed E-state index contributed by atoms with van der Waals surface area (Å²) in [6.07, 6.45) is -0.409. The van der Waals surface area contributed by atoms with Gasteiger partial charge in [0.25, 0.3) is 0 Å². The third-order valence-electron chi connectivity index (χ3n) is 1.24. The maximum atomic E-state index is 12.7. The number of alkyl halides is 1. The standard InChI is InChI=1S/C8H6FNO/c9-8(10-6-11)7-4-2-1-3-5-7/h1-5,8H. The molecular formula is C8H6FNO. The highest BCUT2D eigenvalue weighted by molar-refractivity contribution is 5.34. The molecule has 0 saturated heterocycles. The van der Waals surface area contributed by atoms with Crippen LogP contribution in [0.25, 0.3) is 0 Å². The topological polar surface area (TPSA) is 29.4 Å². The minimum atomic E-state index is -1.58. The number of hydrogen-bond acceptors (Lipinski definition) is 2. The van der Waals surface area contributed by atoms with Crippen molar-refractivity contribution >= 4 is 6.08 Å². The first-order valence-corrected chi connectivity index (χ1v) is 3.10. The number of benzene rings is 1. The second-order valence-corrected chi connectivity index (χ2v) is 1.97. The van der Waals surface area contributed by atoms with Crippen molar-refractivity contribution in [3.8, 4) is 0 Å². The number of isocyanates is 1. The summed E-state index contributed by atoms with van der Waals surface area (Å²) in [6.45, 7) is 0. The zero-order chi connectivity index (χ0) is 8.10. The summed E-state index contributed by atoms with van der Waals surface area (Å²) >= 11 is 0. The van der Waals surface area contributed by atoms with Gasteiger partial charge >= 0.3 is 0 Å². The lowest BCUT2D eigenvalue weighted by atomic mass is 10.2. The van der Waals surface area contributed by atoms with Gasteiger partial charge in [-0.1, -0.05) is 30.3 Å². The van der Waals surface area contributed by atoms with Crippen LogP contribution in [0, 0.1) is 0 Å². The zero-order valence-corrected chi connectivity index (χ0v) is 5.70. The zero-order valence-electron chi connectivity index (χ0n) is 5.70. The second kappa shape index (κ2) is 3.64. The summed E-state index contributed by atoms with van der Waals surface area (Å²) in [5, 5.41) is 0. The Hall–Kier alpha value is -1.47. The monoisotopic (exact) mass is 151 g/mol. The molecule has 0 bridgehead atoms. The maximum Gasteiger partial charge on any atom is 0.238 e. The van der Waals surface area contributed by atoms with Crippen LogP contribution in [-0.2, 0) is 4.79 Å². The van der Waals surface area contributed by atoms with Crippen LogP contribution in [0.1, 0.15) is 11.9 Å². The third-order valence-corrected chi connectivity index (χ3v) is 1.24. The quantitative estimate of drug-likeness (QED) is 0.361. The molecule has 1 rings (SSSR count). The molecule has 0 aliphatic rings. The van der Waals surface area contributed by atoms with E-state index >= 15 is 0 Å². The number of rotatable bonds is 2. The van der Waals surface area contributed by atoms with Crippen molar-refractivity contribution in [3.63, 3.8) is 0 Å². The fourth-order valence-corrected chi connectivity index (χ4v) is 0.733. The van der Waals surface area contributed by atoms with Gasteiger partial charge in [0.2, 0.25) is 12.4 Å². The Balaban J connectivity index is 2.84. The molecule has 0 fully saturated rings. The van der Waals surface area contributed by atoms with Crippen LogP contribution in [0.15, 0.2) is 35.3 Å². The Morgan fingerprint density at radius 2 is 2.00 bits per heavy atom. The van der Waals surface area contributed by atoms with Crippen LogP contribution >= 0.6 is 0 Å². The van der Waals surface area contributed by atoms with E-state index < -0.39 is 6.30 Å². The number of nitrogens with zero attached hydrogens (tertiary/aromatic N) is 1. The number of hydrogen-bond donors (Lipinski definition) is 0. The molecule has 0 heterocycles. The summed E-state index contributed by atoms with van der Waals surface area (Å²) < 4.78 is 12.7. The first-order valence-electron chi connectivity index (χ1n) is 3.10. The van der Waals surface area contributed by atoms with Crippen molar-refractivity contribution in [2.45, 2.75) is 6.30 Å². The molecule has 3 heteroatoms. The van der Waals surface area contributed by atoms with E-state index in [0.29, 0.717) is 5.56 Å². The molecule has 0 aliphatic carbocycles. The van der Waals surface area contributed by atoms with Crippen molar-refractivity contribution in [2.24, 2.45) is 4.99 Å². The fourth-order valence-electron chi connectivity index (χ4n) is 0.733. The van der Waals surface area contributed by atoms with Gasteiger partial charge < -0.3 is 0 Å².